The van der Waals surface area contributed by atoms with E-state index in [1.807, 2.05) is 44.2 Å². The van der Waals surface area contributed by atoms with E-state index in [4.69, 9.17) is 0 Å². The predicted molar refractivity (Wildman–Crippen MR) is 67.3 cm³/mol. The summed E-state index contributed by atoms with van der Waals surface area (Å²) in [6.07, 6.45) is 0.765. The van der Waals surface area contributed by atoms with Crippen molar-refractivity contribution in [1.29, 1.82) is 0 Å². The Morgan fingerprint density at radius 2 is 1.53 bits per heavy atom. The Morgan fingerprint density at radius 3 is 1.93 bits per heavy atom. The Kier molecular flexibility index (Phi) is 3.39. The van der Waals surface area contributed by atoms with Crippen molar-refractivity contribution in [2.75, 3.05) is 24.0 Å². The van der Waals surface area contributed by atoms with E-state index in [-0.39, 0.29) is 0 Å². The van der Waals surface area contributed by atoms with Crippen molar-refractivity contribution in [3.8, 4) is 0 Å². The number of hydrogen-bond donors (Lipinski definition) is 2. The normalized spacial score (nSPS) is 14.3. The standard InChI is InChI=1S/C11H20NO2P/c1-4-15(13,14,5-2)12(3)11-9-7-6-8-10-11/h6-10,13-14H,4-5H2,1-3H3. The topological polar surface area (TPSA) is 43.7 Å². The van der Waals surface area contributed by atoms with E-state index in [2.05, 4.69) is 0 Å². The first kappa shape index (κ1) is 12.4. The molecule has 1 aromatic carbocycles. The van der Waals surface area contributed by atoms with E-state index in [1.165, 1.54) is 0 Å². The zero-order valence-electron chi connectivity index (χ0n) is 9.59. The van der Waals surface area contributed by atoms with Crippen LogP contribution in [0.5, 0.6) is 0 Å². The summed E-state index contributed by atoms with van der Waals surface area (Å²) in [4.78, 5) is 20.9. The van der Waals surface area contributed by atoms with Crippen LogP contribution in [0.2, 0.25) is 0 Å². The van der Waals surface area contributed by atoms with Gasteiger partial charge in [0.05, 0.1) is 0 Å². The third-order valence-corrected chi connectivity index (χ3v) is 7.33. The van der Waals surface area contributed by atoms with Gasteiger partial charge in [-0.1, -0.05) is 0 Å². The summed E-state index contributed by atoms with van der Waals surface area (Å²) < 4.78 is 1.64. The molecule has 3 nitrogen and oxygen atoms in total. The number of nitrogens with zero attached hydrogens (tertiary/aromatic N) is 1. The van der Waals surface area contributed by atoms with Gasteiger partial charge in [0.1, 0.15) is 0 Å². The second kappa shape index (κ2) is 4.09. The molecule has 0 aromatic heterocycles. The molecule has 0 amide bonds. The number of hydrogen-bond acceptors (Lipinski definition) is 3. The van der Waals surface area contributed by atoms with Crippen molar-refractivity contribution in [3.63, 3.8) is 0 Å². The van der Waals surface area contributed by atoms with Crippen molar-refractivity contribution in [1.82, 2.24) is 0 Å². The first-order valence-corrected chi connectivity index (χ1v) is 7.69. The molecule has 0 saturated heterocycles. The second-order valence-corrected chi connectivity index (χ2v) is 8.38. The van der Waals surface area contributed by atoms with Gasteiger partial charge in [-0.15, -0.1) is 0 Å². The molecule has 15 heavy (non-hydrogen) atoms. The van der Waals surface area contributed by atoms with Crippen LogP contribution in [0.4, 0.5) is 5.69 Å². The van der Waals surface area contributed by atoms with Gasteiger partial charge in [0, 0.05) is 0 Å². The Balaban J connectivity index is 3.08. The maximum atomic E-state index is 10.4. The Morgan fingerprint density at radius 1 is 1.07 bits per heavy atom. The molecule has 1 rings (SSSR count). The van der Waals surface area contributed by atoms with Crippen LogP contribution in [-0.4, -0.2) is 29.2 Å². The number of para-hydroxylation sites is 1. The van der Waals surface area contributed by atoms with Gasteiger partial charge >= 0.3 is 90.9 Å². The molecular formula is C11H20NO2P. The van der Waals surface area contributed by atoms with Crippen molar-refractivity contribution in [2.45, 2.75) is 13.8 Å². The summed E-state index contributed by atoms with van der Waals surface area (Å²) in [5.74, 6) is 0. The van der Waals surface area contributed by atoms with Crippen LogP contribution in [0.3, 0.4) is 0 Å². The van der Waals surface area contributed by atoms with Gasteiger partial charge in [0.2, 0.25) is 0 Å². The van der Waals surface area contributed by atoms with Crippen LogP contribution in [0, 0.1) is 0 Å². The molecule has 0 radical (unpaired) electrons. The molecular weight excluding hydrogens is 209 g/mol. The molecule has 0 aliphatic carbocycles. The van der Waals surface area contributed by atoms with Crippen LogP contribution in [0.15, 0.2) is 30.3 Å². The van der Waals surface area contributed by atoms with E-state index in [0.29, 0.717) is 12.3 Å². The molecule has 1 aromatic rings. The Labute approximate surface area is 91.5 Å². The molecule has 0 spiro atoms. The predicted octanol–water partition coefficient (Wildman–Crippen LogP) is 2.45. The molecule has 0 fully saturated rings. The first-order chi connectivity index (χ1) is 6.93. The van der Waals surface area contributed by atoms with Crippen LogP contribution in [-0.2, 0) is 0 Å². The fourth-order valence-electron chi connectivity index (χ4n) is 1.56. The molecule has 0 bridgehead atoms. The molecule has 0 aliphatic rings. The number of rotatable bonds is 4. The molecule has 0 heterocycles. The summed E-state index contributed by atoms with van der Waals surface area (Å²) in [6.45, 7) is 3.64. The minimum absolute atomic E-state index is 0.382. The second-order valence-electron chi connectivity index (χ2n) is 3.83. The molecule has 0 unspecified atom stereocenters. The van der Waals surface area contributed by atoms with E-state index >= 15 is 0 Å². The van der Waals surface area contributed by atoms with E-state index < -0.39 is 7.21 Å². The molecule has 86 valence electrons. The molecule has 0 aliphatic heterocycles. The van der Waals surface area contributed by atoms with Crippen molar-refractivity contribution in [3.05, 3.63) is 30.3 Å². The third-order valence-electron chi connectivity index (χ3n) is 3.12. The van der Waals surface area contributed by atoms with Gasteiger partial charge in [-0.3, -0.25) is 0 Å². The van der Waals surface area contributed by atoms with Gasteiger partial charge < -0.3 is 0 Å². The average molecular weight is 229 g/mol. The summed E-state index contributed by atoms with van der Waals surface area (Å²) in [5, 5.41) is 0. The molecule has 0 atom stereocenters. The minimum atomic E-state index is -3.68. The SMILES string of the molecule is CCP(O)(O)(CC)N(C)c1ccccc1. The van der Waals surface area contributed by atoms with Crippen molar-refractivity contribution >= 4 is 12.9 Å². The summed E-state index contributed by atoms with van der Waals surface area (Å²) in [7, 11) is -1.93. The molecule has 4 heteroatoms. The van der Waals surface area contributed by atoms with Crippen LogP contribution in [0.25, 0.3) is 0 Å². The quantitative estimate of drug-likeness (QED) is 0.779. The van der Waals surface area contributed by atoms with Gasteiger partial charge in [-0.05, 0) is 0 Å². The number of anilines is 1. The zero-order chi connectivity index (χ0) is 11.6. The average Bonchev–Trinajstić information content (AvgIpc) is 2.30. The Bertz CT molecular complexity index is 319. The van der Waals surface area contributed by atoms with E-state index in [0.717, 1.165) is 5.69 Å². The monoisotopic (exact) mass is 229 g/mol. The number of benzene rings is 1. The van der Waals surface area contributed by atoms with Gasteiger partial charge in [0.15, 0.2) is 0 Å². The van der Waals surface area contributed by atoms with Gasteiger partial charge in [-0.2, -0.15) is 0 Å². The third kappa shape index (κ3) is 2.31. The zero-order valence-corrected chi connectivity index (χ0v) is 10.5. The van der Waals surface area contributed by atoms with Crippen molar-refractivity contribution < 1.29 is 9.79 Å². The summed E-state index contributed by atoms with van der Waals surface area (Å²) in [5.41, 5.74) is 0.851. The summed E-state index contributed by atoms with van der Waals surface area (Å²) >= 11 is 0. The maximum absolute atomic E-state index is 10.4. The Hall–Kier alpha value is -0.630. The van der Waals surface area contributed by atoms with Gasteiger partial charge in [-0.25, -0.2) is 0 Å². The van der Waals surface area contributed by atoms with Crippen LogP contribution >= 0.6 is 7.21 Å². The van der Waals surface area contributed by atoms with Gasteiger partial charge in [0.25, 0.3) is 0 Å². The molecule has 0 saturated carbocycles. The van der Waals surface area contributed by atoms with Crippen LogP contribution in [0.1, 0.15) is 13.8 Å². The van der Waals surface area contributed by atoms with Crippen molar-refractivity contribution in [2.24, 2.45) is 0 Å². The van der Waals surface area contributed by atoms with E-state index in [1.54, 1.807) is 11.7 Å². The fourth-order valence-corrected chi connectivity index (χ4v) is 3.52. The fraction of sp³-hybridized carbons (Fsp3) is 0.455. The summed E-state index contributed by atoms with van der Waals surface area (Å²) in [6, 6.07) is 9.49. The molecule has 2 N–H and O–H groups in total. The van der Waals surface area contributed by atoms with E-state index in [9.17, 15) is 9.79 Å². The van der Waals surface area contributed by atoms with Crippen LogP contribution < -0.4 is 4.67 Å². The first-order valence-electron chi connectivity index (χ1n) is 5.23.